The number of phenolic OH excluding ortho intramolecular Hbond substituents is 1. The van der Waals surface area contributed by atoms with Crippen LogP contribution >= 0.6 is 34.8 Å². The van der Waals surface area contributed by atoms with Gasteiger partial charge in [0.05, 0.1) is 39.1 Å². The summed E-state index contributed by atoms with van der Waals surface area (Å²) in [5.41, 5.74) is 11.5. The van der Waals surface area contributed by atoms with E-state index in [-0.39, 0.29) is 66.6 Å². The molecule has 2 atom stereocenters. The van der Waals surface area contributed by atoms with Gasteiger partial charge in [-0.1, -0.05) is 91.3 Å². The molecule has 65 heavy (non-hydrogen) atoms. The third-order valence-electron chi connectivity index (χ3n) is 10.5. The van der Waals surface area contributed by atoms with Gasteiger partial charge in [-0.2, -0.15) is 0 Å². The number of aryl methyl sites for hydroxylation is 2. The van der Waals surface area contributed by atoms with Crippen LogP contribution in [0.1, 0.15) is 86.4 Å². The highest BCUT2D eigenvalue weighted by molar-refractivity contribution is 6.31. The number of phenols is 1. The smallest absolute Gasteiger partial charge is 0.307 e. The molecule has 0 radical (unpaired) electrons. The average Bonchev–Trinajstić information content (AvgIpc) is 3.75. The van der Waals surface area contributed by atoms with Crippen molar-refractivity contribution in [2.45, 2.75) is 58.7 Å². The Hall–Kier alpha value is -6.40. The first-order chi connectivity index (χ1) is 30.3. The molecule has 0 aromatic heterocycles. The van der Waals surface area contributed by atoms with E-state index >= 15 is 0 Å². The lowest BCUT2D eigenvalue weighted by Gasteiger charge is -2.12. The van der Waals surface area contributed by atoms with Crippen LogP contribution in [0.15, 0.2) is 121 Å². The number of nitrogens with one attached hydrogen (secondary N) is 2. The van der Waals surface area contributed by atoms with E-state index < -0.39 is 0 Å². The molecule has 0 fully saturated rings. The second-order valence-corrected chi connectivity index (χ2v) is 16.0. The number of ether oxygens (including phenoxy) is 3. The molecule has 0 saturated carbocycles. The third-order valence-corrected chi connectivity index (χ3v) is 11.3. The van der Waals surface area contributed by atoms with E-state index in [4.69, 9.17) is 44.3 Å². The van der Waals surface area contributed by atoms with Gasteiger partial charge in [-0.25, -0.2) is 0 Å². The zero-order chi connectivity index (χ0) is 45.2. The number of esters is 2. The van der Waals surface area contributed by atoms with Gasteiger partial charge in [-0.05, 0) is 130 Å². The first-order valence-electron chi connectivity index (χ1n) is 19.9. The number of rotatable bonds is 10. The third kappa shape index (κ3) is 13.1. The van der Waals surface area contributed by atoms with Crippen molar-refractivity contribution in [1.29, 1.82) is 0 Å². The summed E-state index contributed by atoms with van der Waals surface area (Å²) in [7, 11) is 2.64. The van der Waals surface area contributed by atoms with Gasteiger partial charge >= 0.3 is 11.9 Å². The van der Waals surface area contributed by atoms with Gasteiger partial charge in [0.25, 0.3) is 11.8 Å². The Morgan fingerprint density at radius 3 is 1.58 bits per heavy atom. The second-order valence-electron chi connectivity index (χ2n) is 14.9. The molecule has 2 aliphatic rings. The predicted molar refractivity (Wildman–Crippen MR) is 255 cm³/mol. The first-order valence-corrected chi connectivity index (χ1v) is 21.2. The lowest BCUT2D eigenvalue weighted by atomic mass is 9.99. The molecule has 0 aliphatic carbocycles. The monoisotopic (exact) mass is 942 g/mol. The summed E-state index contributed by atoms with van der Waals surface area (Å²) in [5.74, 6) is -0.0660. The number of methoxy groups -OCH3 is 2. The number of hydrogen-bond acceptors (Lipinski definition) is 8. The van der Waals surface area contributed by atoms with Crippen molar-refractivity contribution in [1.82, 2.24) is 10.6 Å². The standard InChI is InChI=1S/C25H22ClNO4.C14H12Cl2.C11H11NO4.CH4.FH/c1-15-10-18(26)6-8-20(15)17-5-3-4-16(11-17)14-31-19-7-9-21-22(12-19)25(29)27-23(21)13-24(28)30-2;1-10-7-13(16)5-6-14(10)12-4-2-3-11(8-12)9-15;1-16-10(14)5-9-7-3-2-6(13)4-8(7)11(15)12-9;;/h3-12,23H,13-14H2,1-2H3,(H,27,29);2-8H,9H2,1H3;2-4,9,13H,5H2,1H3,(H,12,15);1H4;1H. The van der Waals surface area contributed by atoms with E-state index in [1.54, 1.807) is 12.1 Å². The molecule has 6 aromatic rings. The highest BCUT2D eigenvalue weighted by Gasteiger charge is 2.32. The molecule has 8 rings (SSSR count). The number of halogens is 4. The van der Waals surface area contributed by atoms with Crippen LogP contribution in [-0.2, 0) is 31.5 Å². The lowest BCUT2D eigenvalue weighted by Crippen LogP contribution is -2.21. The summed E-state index contributed by atoms with van der Waals surface area (Å²) < 4.78 is 15.2. The number of benzene rings is 6. The molecule has 340 valence electrons. The summed E-state index contributed by atoms with van der Waals surface area (Å²) in [6.45, 7) is 4.47. The van der Waals surface area contributed by atoms with Crippen LogP contribution in [0.3, 0.4) is 0 Å². The number of amides is 2. The van der Waals surface area contributed by atoms with E-state index in [1.807, 2.05) is 79.7 Å². The molecule has 0 spiro atoms. The molecule has 0 bridgehead atoms. The minimum absolute atomic E-state index is 0. The number of aromatic hydroxyl groups is 1. The largest absolute Gasteiger partial charge is 0.508 e. The molecule has 2 aliphatic heterocycles. The summed E-state index contributed by atoms with van der Waals surface area (Å²) in [4.78, 5) is 46.5. The maximum atomic E-state index is 12.3. The van der Waals surface area contributed by atoms with Crippen molar-refractivity contribution >= 4 is 58.6 Å². The molecule has 2 amide bonds. The van der Waals surface area contributed by atoms with Crippen molar-refractivity contribution in [2.75, 3.05) is 14.2 Å². The second kappa shape index (κ2) is 23.5. The lowest BCUT2D eigenvalue weighted by molar-refractivity contribution is -0.142. The Labute approximate surface area is 393 Å². The molecular weight excluding hydrogens is 894 g/mol. The van der Waals surface area contributed by atoms with Gasteiger partial charge in [-0.3, -0.25) is 23.9 Å². The van der Waals surface area contributed by atoms with E-state index in [1.165, 1.54) is 43.0 Å². The van der Waals surface area contributed by atoms with E-state index in [0.717, 1.165) is 43.4 Å². The Bertz CT molecular complexity index is 2680. The number of carbonyl (C=O) groups excluding carboxylic acids is 4. The molecule has 2 unspecified atom stereocenters. The minimum Gasteiger partial charge on any atom is -0.508 e. The van der Waals surface area contributed by atoms with Crippen LogP contribution in [0.2, 0.25) is 10.0 Å². The fourth-order valence-corrected chi connectivity index (χ4v) is 7.96. The van der Waals surface area contributed by atoms with Crippen molar-refractivity contribution in [3.63, 3.8) is 0 Å². The van der Waals surface area contributed by atoms with E-state index in [2.05, 4.69) is 46.6 Å². The summed E-state index contributed by atoms with van der Waals surface area (Å²) >= 11 is 17.8. The van der Waals surface area contributed by atoms with Gasteiger partial charge in [0.15, 0.2) is 0 Å². The molecule has 14 heteroatoms. The molecule has 3 N–H and O–H groups in total. The van der Waals surface area contributed by atoms with Crippen LogP contribution in [0.5, 0.6) is 11.5 Å². The van der Waals surface area contributed by atoms with E-state index in [0.29, 0.717) is 34.9 Å². The van der Waals surface area contributed by atoms with Crippen LogP contribution in [0.4, 0.5) is 4.70 Å². The summed E-state index contributed by atoms with van der Waals surface area (Å²) in [6.07, 6.45) is 0.201. The van der Waals surface area contributed by atoms with Gasteiger partial charge in [0, 0.05) is 27.1 Å². The van der Waals surface area contributed by atoms with Crippen molar-refractivity contribution in [3.8, 4) is 33.8 Å². The highest BCUT2D eigenvalue weighted by Crippen LogP contribution is 2.33. The van der Waals surface area contributed by atoms with Crippen molar-refractivity contribution < 1.29 is 43.2 Å². The maximum Gasteiger partial charge on any atom is 0.307 e. The molecule has 0 saturated heterocycles. The average molecular weight is 944 g/mol. The summed E-state index contributed by atoms with van der Waals surface area (Å²) in [5, 5.41) is 16.2. The maximum absolute atomic E-state index is 12.3. The van der Waals surface area contributed by atoms with Crippen LogP contribution < -0.4 is 15.4 Å². The summed E-state index contributed by atoms with van der Waals surface area (Å²) in [6, 6.07) is 37.3. The fraction of sp³-hybridized carbons (Fsp3) is 0.216. The number of carbonyl (C=O) groups is 4. The normalized spacial score (nSPS) is 14.0. The van der Waals surface area contributed by atoms with Crippen LogP contribution in [0, 0.1) is 13.8 Å². The van der Waals surface area contributed by atoms with Crippen molar-refractivity contribution in [3.05, 3.63) is 176 Å². The predicted octanol–water partition coefficient (Wildman–Crippen LogP) is 11.8. The number of alkyl halides is 1. The molecule has 2 heterocycles. The molecule has 10 nitrogen and oxygen atoms in total. The minimum atomic E-state index is -0.383. The molecule has 6 aromatic carbocycles. The Morgan fingerprint density at radius 2 is 1.09 bits per heavy atom. The van der Waals surface area contributed by atoms with Gasteiger partial charge in [-0.15, -0.1) is 11.6 Å². The zero-order valence-electron chi connectivity index (χ0n) is 35.4. The topological polar surface area (TPSA) is 140 Å². The quantitative estimate of drug-likeness (QED) is 0.0911. The van der Waals surface area contributed by atoms with Gasteiger partial charge in [0.2, 0.25) is 0 Å². The van der Waals surface area contributed by atoms with Crippen LogP contribution in [0.25, 0.3) is 22.3 Å². The highest BCUT2D eigenvalue weighted by atomic mass is 35.5. The fourth-order valence-electron chi connectivity index (χ4n) is 7.34. The van der Waals surface area contributed by atoms with E-state index in [9.17, 15) is 24.3 Å². The van der Waals surface area contributed by atoms with Gasteiger partial charge in [0.1, 0.15) is 18.1 Å². The number of hydrogen-bond donors (Lipinski definition) is 3. The molecular formula is C51H50Cl3FN2O8. The van der Waals surface area contributed by atoms with Gasteiger partial charge < -0.3 is 30.0 Å². The SMILES string of the molecule is C.COC(=O)CC1NC(=O)c2cc(O)ccc21.COC(=O)CC1NC(=O)c2cc(OCc3cccc(-c4ccc(Cl)cc4C)c3)ccc21.Cc1cc(Cl)ccc1-c1cccc(CCl)c1.F. The zero-order valence-corrected chi connectivity index (χ0v) is 37.6. The Kier molecular flexibility index (Phi) is 18.5. The number of fused-ring (bicyclic) bond motifs is 2. The van der Waals surface area contributed by atoms with Crippen molar-refractivity contribution in [2.24, 2.45) is 0 Å². The Balaban J connectivity index is 0.000000230. The van der Waals surface area contributed by atoms with Crippen LogP contribution in [-0.4, -0.2) is 43.1 Å². The Morgan fingerprint density at radius 1 is 0.615 bits per heavy atom. The first kappa shape index (κ1) is 51.2.